The van der Waals surface area contributed by atoms with Crippen LogP contribution >= 0.6 is 0 Å². The summed E-state index contributed by atoms with van der Waals surface area (Å²) >= 11 is 0. The molecule has 1 fully saturated rings. The number of ether oxygens (including phenoxy) is 1. The number of nitrogens with zero attached hydrogens (tertiary/aromatic N) is 2. The molecule has 3 aromatic rings. The van der Waals surface area contributed by atoms with Crippen molar-refractivity contribution in [2.24, 2.45) is 5.92 Å². The summed E-state index contributed by atoms with van der Waals surface area (Å²) in [6.07, 6.45) is 2.83. The lowest BCUT2D eigenvalue weighted by molar-refractivity contribution is -0.123. The maximum atomic E-state index is 13.6. The molecule has 0 N–H and O–H groups in total. The molecule has 1 atom stereocenters. The van der Waals surface area contributed by atoms with Crippen molar-refractivity contribution in [3.63, 3.8) is 0 Å². The molecule has 4 rings (SSSR count). The average molecular weight is 469 g/mol. The maximum absolute atomic E-state index is 13.6. The molecule has 0 radical (unpaired) electrons. The van der Waals surface area contributed by atoms with Gasteiger partial charge in [0.05, 0.1) is 30.7 Å². The highest BCUT2D eigenvalue weighted by Gasteiger charge is 2.35. The fraction of sp³-hybridized carbons (Fsp3) is 0.320. The second-order valence-electron chi connectivity index (χ2n) is 8.22. The second kappa shape index (κ2) is 9.80. The molecule has 0 aliphatic carbocycles. The first-order chi connectivity index (χ1) is 15.9. The van der Waals surface area contributed by atoms with Crippen LogP contribution in [0.5, 0.6) is 5.75 Å². The average Bonchev–Trinajstić information content (AvgIpc) is 3.36. The van der Waals surface area contributed by atoms with Crippen molar-refractivity contribution in [3.8, 4) is 5.75 Å². The van der Waals surface area contributed by atoms with Crippen LogP contribution in [0.15, 0.2) is 76.2 Å². The Morgan fingerprint density at radius 3 is 2.48 bits per heavy atom. The predicted octanol–water partition coefficient (Wildman–Crippen LogP) is 4.23. The fourth-order valence-corrected chi connectivity index (χ4v) is 5.58. The molecule has 1 aliphatic heterocycles. The molecule has 1 amide bonds. The molecule has 7 nitrogen and oxygen atoms in total. The first-order valence-corrected chi connectivity index (χ1v) is 12.4. The van der Waals surface area contributed by atoms with Gasteiger partial charge in [-0.2, -0.15) is 4.31 Å². The summed E-state index contributed by atoms with van der Waals surface area (Å²) in [6.45, 7) is 2.82. The van der Waals surface area contributed by atoms with Gasteiger partial charge in [0.25, 0.3) is 0 Å². The van der Waals surface area contributed by atoms with Crippen molar-refractivity contribution in [1.82, 2.24) is 4.31 Å². The molecule has 1 saturated heterocycles. The van der Waals surface area contributed by atoms with Gasteiger partial charge in [0.15, 0.2) is 0 Å². The largest absolute Gasteiger partial charge is 0.497 e. The minimum Gasteiger partial charge on any atom is -0.497 e. The Kier molecular flexibility index (Phi) is 6.85. The van der Waals surface area contributed by atoms with Gasteiger partial charge < -0.3 is 14.1 Å². The Morgan fingerprint density at radius 1 is 1.12 bits per heavy atom. The molecule has 1 aromatic heterocycles. The van der Waals surface area contributed by atoms with E-state index in [1.54, 1.807) is 29.4 Å². The van der Waals surface area contributed by atoms with Crippen LogP contribution in [0.4, 0.5) is 5.69 Å². The first-order valence-electron chi connectivity index (χ1n) is 10.9. The van der Waals surface area contributed by atoms with Crippen LogP contribution in [-0.2, 0) is 21.4 Å². The van der Waals surface area contributed by atoms with E-state index in [-0.39, 0.29) is 23.9 Å². The van der Waals surface area contributed by atoms with E-state index in [0.29, 0.717) is 30.9 Å². The topological polar surface area (TPSA) is 80.1 Å². The van der Waals surface area contributed by atoms with Crippen LogP contribution in [0.2, 0.25) is 0 Å². The third kappa shape index (κ3) is 5.12. The molecular formula is C25H28N2O5S. The number of rotatable bonds is 7. The standard InChI is InChI=1S/C25H28N2O5S/c1-19-7-9-21(10-8-19)27(18-23-6-4-16-32-23)25(28)20-5-3-15-26(17-20)33(29,30)24-13-11-22(31-2)12-14-24/h4,6-14,16,20H,3,5,15,17-18H2,1-2H3/t20-/m1/s1. The Balaban J connectivity index is 1.56. The summed E-state index contributed by atoms with van der Waals surface area (Å²) in [7, 11) is -2.18. The Bertz CT molecular complexity index is 1170. The van der Waals surface area contributed by atoms with E-state index in [4.69, 9.17) is 9.15 Å². The Labute approximate surface area is 194 Å². The van der Waals surface area contributed by atoms with Gasteiger partial charge in [0.2, 0.25) is 15.9 Å². The normalized spacial score (nSPS) is 17.0. The van der Waals surface area contributed by atoms with E-state index in [2.05, 4.69) is 0 Å². The number of benzene rings is 2. The van der Waals surface area contributed by atoms with Crippen LogP contribution in [0.1, 0.15) is 24.2 Å². The van der Waals surface area contributed by atoms with E-state index in [0.717, 1.165) is 11.3 Å². The minimum atomic E-state index is -3.71. The quantitative estimate of drug-likeness (QED) is 0.518. The van der Waals surface area contributed by atoms with Gasteiger partial charge in [0, 0.05) is 18.8 Å². The van der Waals surface area contributed by atoms with E-state index in [1.807, 2.05) is 37.3 Å². The number of piperidine rings is 1. The zero-order chi connectivity index (χ0) is 23.4. The molecule has 1 aliphatic rings. The first kappa shape index (κ1) is 23.1. The van der Waals surface area contributed by atoms with Gasteiger partial charge in [-0.25, -0.2) is 8.42 Å². The van der Waals surface area contributed by atoms with E-state index in [1.165, 1.54) is 23.5 Å². The number of hydrogen-bond acceptors (Lipinski definition) is 5. The number of anilines is 1. The lowest BCUT2D eigenvalue weighted by Gasteiger charge is -2.34. The molecule has 2 heterocycles. The summed E-state index contributed by atoms with van der Waals surface area (Å²) in [6, 6.07) is 17.7. The number of furan rings is 1. The zero-order valence-electron chi connectivity index (χ0n) is 18.8. The Hall–Kier alpha value is -3.10. The molecular weight excluding hydrogens is 440 g/mol. The number of amides is 1. The van der Waals surface area contributed by atoms with Crippen molar-refractivity contribution in [2.45, 2.75) is 31.2 Å². The summed E-state index contributed by atoms with van der Waals surface area (Å²) in [5, 5.41) is 0. The predicted molar refractivity (Wildman–Crippen MR) is 126 cm³/mol. The third-order valence-corrected chi connectivity index (χ3v) is 7.82. The van der Waals surface area contributed by atoms with E-state index >= 15 is 0 Å². The Morgan fingerprint density at radius 2 is 1.85 bits per heavy atom. The summed E-state index contributed by atoms with van der Waals surface area (Å²) in [4.78, 5) is 15.5. The highest BCUT2D eigenvalue weighted by Crippen LogP contribution is 2.28. The lowest BCUT2D eigenvalue weighted by atomic mass is 9.97. The number of aryl methyl sites for hydroxylation is 1. The highest BCUT2D eigenvalue weighted by molar-refractivity contribution is 7.89. The van der Waals surface area contributed by atoms with Gasteiger partial charge in [0.1, 0.15) is 11.5 Å². The number of carbonyl (C=O) groups is 1. The molecule has 8 heteroatoms. The van der Waals surface area contributed by atoms with Crippen molar-refractivity contribution in [1.29, 1.82) is 0 Å². The lowest BCUT2D eigenvalue weighted by Crippen LogP contribution is -2.46. The van der Waals surface area contributed by atoms with Crippen LogP contribution < -0.4 is 9.64 Å². The van der Waals surface area contributed by atoms with E-state index in [9.17, 15) is 13.2 Å². The summed E-state index contributed by atoms with van der Waals surface area (Å²) in [5.41, 5.74) is 1.86. The maximum Gasteiger partial charge on any atom is 0.243 e. The smallest absolute Gasteiger partial charge is 0.243 e. The molecule has 0 spiro atoms. The highest BCUT2D eigenvalue weighted by atomic mass is 32.2. The fourth-order valence-electron chi connectivity index (χ4n) is 4.06. The summed E-state index contributed by atoms with van der Waals surface area (Å²) < 4.78 is 38.5. The van der Waals surface area contributed by atoms with Crippen molar-refractivity contribution >= 4 is 21.6 Å². The molecule has 0 saturated carbocycles. The van der Waals surface area contributed by atoms with Gasteiger partial charge in [-0.1, -0.05) is 17.7 Å². The van der Waals surface area contributed by atoms with Crippen LogP contribution in [0, 0.1) is 12.8 Å². The second-order valence-corrected chi connectivity index (χ2v) is 10.2. The number of hydrogen-bond donors (Lipinski definition) is 0. The number of carbonyl (C=O) groups excluding carboxylic acids is 1. The zero-order valence-corrected chi connectivity index (χ0v) is 19.6. The number of sulfonamides is 1. The van der Waals surface area contributed by atoms with Gasteiger partial charge >= 0.3 is 0 Å². The monoisotopic (exact) mass is 468 g/mol. The molecule has 2 aromatic carbocycles. The van der Waals surface area contributed by atoms with Crippen LogP contribution in [0.25, 0.3) is 0 Å². The summed E-state index contributed by atoms with van der Waals surface area (Å²) in [5.74, 6) is 0.711. The van der Waals surface area contributed by atoms with Crippen molar-refractivity contribution in [3.05, 3.63) is 78.3 Å². The van der Waals surface area contributed by atoms with E-state index < -0.39 is 15.9 Å². The molecule has 0 unspecified atom stereocenters. The number of methoxy groups -OCH3 is 1. The minimum absolute atomic E-state index is 0.107. The van der Waals surface area contributed by atoms with Crippen molar-refractivity contribution in [2.75, 3.05) is 25.1 Å². The van der Waals surface area contributed by atoms with Gasteiger partial charge in [-0.15, -0.1) is 0 Å². The van der Waals surface area contributed by atoms with Crippen molar-refractivity contribution < 1.29 is 22.4 Å². The van der Waals surface area contributed by atoms with Gasteiger partial charge in [-0.05, 0) is 68.3 Å². The third-order valence-electron chi connectivity index (χ3n) is 5.94. The van der Waals surface area contributed by atoms with Crippen LogP contribution in [-0.4, -0.2) is 38.8 Å². The van der Waals surface area contributed by atoms with Gasteiger partial charge in [-0.3, -0.25) is 4.79 Å². The molecule has 33 heavy (non-hydrogen) atoms. The van der Waals surface area contributed by atoms with Crippen LogP contribution in [0.3, 0.4) is 0 Å². The molecule has 174 valence electrons. The molecule has 0 bridgehead atoms. The SMILES string of the molecule is COc1ccc(S(=O)(=O)N2CCC[C@@H](C(=O)N(Cc3ccco3)c3ccc(C)cc3)C2)cc1.